The van der Waals surface area contributed by atoms with Crippen LogP contribution in [-0.2, 0) is 6.54 Å². The molecule has 0 aliphatic carbocycles. The van der Waals surface area contributed by atoms with Crippen molar-refractivity contribution in [2.45, 2.75) is 38.8 Å². The van der Waals surface area contributed by atoms with Crippen molar-refractivity contribution in [2.24, 2.45) is 11.8 Å². The molecule has 26 heavy (non-hydrogen) atoms. The minimum atomic E-state index is 0.640. The van der Waals surface area contributed by atoms with Crippen LogP contribution in [-0.4, -0.2) is 42.0 Å². The van der Waals surface area contributed by atoms with E-state index in [1.165, 1.54) is 43.7 Å². The fourth-order valence-corrected chi connectivity index (χ4v) is 5.04. The zero-order valence-electron chi connectivity index (χ0n) is 16.2. The van der Waals surface area contributed by atoms with Crippen molar-refractivity contribution in [3.63, 3.8) is 0 Å². The average Bonchev–Trinajstić information content (AvgIpc) is 3.22. The predicted octanol–water partition coefficient (Wildman–Crippen LogP) is 4.63. The van der Waals surface area contributed by atoms with Crippen molar-refractivity contribution in [1.82, 2.24) is 9.80 Å². The fourth-order valence-electron chi connectivity index (χ4n) is 5.04. The van der Waals surface area contributed by atoms with Crippen molar-refractivity contribution in [1.29, 1.82) is 0 Å². The Morgan fingerprint density at radius 2 is 1.38 bits per heavy atom. The molecule has 2 heterocycles. The molecule has 0 bridgehead atoms. The minimum absolute atomic E-state index is 0.640. The van der Waals surface area contributed by atoms with Gasteiger partial charge in [0.05, 0.1) is 0 Å². The molecular formula is C24H32N2. The first-order valence-corrected chi connectivity index (χ1v) is 10.2. The third-order valence-electron chi connectivity index (χ3n) is 6.53. The molecule has 2 aliphatic rings. The second-order valence-electron chi connectivity index (χ2n) is 8.55. The molecule has 2 aromatic rings. The summed E-state index contributed by atoms with van der Waals surface area (Å²) in [6, 6.07) is 22.6. The zero-order valence-corrected chi connectivity index (χ0v) is 16.2. The van der Waals surface area contributed by atoms with Crippen LogP contribution in [0.2, 0.25) is 0 Å². The van der Waals surface area contributed by atoms with Gasteiger partial charge in [-0.3, -0.25) is 9.80 Å². The van der Waals surface area contributed by atoms with E-state index in [1.807, 2.05) is 0 Å². The van der Waals surface area contributed by atoms with Gasteiger partial charge in [-0.2, -0.15) is 0 Å². The van der Waals surface area contributed by atoms with Gasteiger partial charge in [0.25, 0.3) is 0 Å². The maximum Gasteiger partial charge on any atom is 0.0233 e. The molecule has 138 valence electrons. The SMILES string of the molecule is CC(CC(C)N1CC2CN(Cc3ccccc3)CC2C1)c1ccccc1. The van der Waals surface area contributed by atoms with Gasteiger partial charge in [0.1, 0.15) is 0 Å². The molecule has 0 saturated carbocycles. The van der Waals surface area contributed by atoms with E-state index < -0.39 is 0 Å². The number of likely N-dealkylation sites (tertiary alicyclic amines) is 2. The standard InChI is InChI=1S/C24H32N2/c1-19(22-11-7-4-8-12-22)13-20(2)26-17-23-15-25(16-24(23)18-26)14-21-9-5-3-6-10-21/h3-12,19-20,23-24H,13-18H2,1-2H3. The summed E-state index contributed by atoms with van der Waals surface area (Å²) in [5.74, 6) is 2.38. The van der Waals surface area contributed by atoms with E-state index in [4.69, 9.17) is 0 Å². The van der Waals surface area contributed by atoms with Gasteiger partial charge in [-0.15, -0.1) is 0 Å². The third kappa shape index (κ3) is 4.02. The quantitative estimate of drug-likeness (QED) is 0.751. The lowest BCUT2D eigenvalue weighted by molar-refractivity contribution is 0.198. The first-order valence-electron chi connectivity index (χ1n) is 10.2. The summed E-state index contributed by atoms with van der Waals surface area (Å²) in [6.45, 7) is 11.1. The van der Waals surface area contributed by atoms with E-state index in [-0.39, 0.29) is 0 Å². The molecule has 2 saturated heterocycles. The van der Waals surface area contributed by atoms with Gasteiger partial charge in [0.15, 0.2) is 0 Å². The fraction of sp³-hybridized carbons (Fsp3) is 0.500. The average molecular weight is 349 g/mol. The first kappa shape index (κ1) is 17.8. The van der Waals surface area contributed by atoms with E-state index in [2.05, 4.69) is 84.3 Å². The number of benzene rings is 2. The lowest BCUT2D eigenvalue weighted by Gasteiger charge is -2.29. The molecular weight excluding hydrogens is 316 g/mol. The van der Waals surface area contributed by atoms with Crippen molar-refractivity contribution < 1.29 is 0 Å². The Kier molecular flexibility index (Phi) is 5.42. The maximum absolute atomic E-state index is 2.76. The lowest BCUT2D eigenvalue weighted by atomic mass is 9.94. The second kappa shape index (κ2) is 7.94. The molecule has 0 aromatic heterocycles. The van der Waals surface area contributed by atoms with Gasteiger partial charge in [0, 0.05) is 38.8 Å². The topological polar surface area (TPSA) is 6.48 Å². The minimum Gasteiger partial charge on any atom is -0.300 e. The summed E-state index contributed by atoms with van der Waals surface area (Å²) in [6.07, 6.45) is 1.26. The molecule has 0 amide bonds. The van der Waals surface area contributed by atoms with Gasteiger partial charge in [-0.1, -0.05) is 67.6 Å². The van der Waals surface area contributed by atoms with Gasteiger partial charge in [-0.25, -0.2) is 0 Å². The summed E-state index contributed by atoms with van der Waals surface area (Å²) in [5, 5.41) is 0. The Balaban J connectivity index is 1.27. The van der Waals surface area contributed by atoms with Crippen LogP contribution < -0.4 is 0 Å². The summed E-state index contributed by atoms with van der Waals surface area (Å²) >= 11 is 0. The van der Waals surface area contributed by atoms with E-state index in [0.717, 1.165) is 18.4 Å². The maximum atomic E-state index is 2.76. The van der Waals surface area contributed by atoms with Crippen LogP contribution in [0.15, 0.2) is 60.7 Å². The molecule has 4 atom stereocenters. The van der Waals surface area contributed by atoms with Crippen molar-refractivity contribution >= 4 is 0 Å². The molecule has 0 radical (unpaired) electrons. The van der Waals surface area contributed by atoms with Crippen LogP contribution in [0.25, 0.3) is 0 Å². The van der Waals surface area contributed by atoms with Crippen LogP contribution in [0.1, 0.15) is 37.3 Å². The molecule has 2 nitrogen and oxygen atoms in total. The predicted molar refractivity (Wildman–Crippen MR) is 109 cm³/mol. The van der Waals surface area contributed by atoms with Crippen molar-refractivity contribution in [3.05, 3.63) is 71.8 Å². The van der Waals surface area contributed by atoms with Crippen LogP contribution in [0.3, 0.4) is 0 Å². The Bertz CT molecular complexity index is 670. The van der Waals surface area contributed by atoms with Crippen LogP contribution in [0.5, 0.6) is 0 Å². The molecule has 0 spiro atoms. The highest BCUT2D eigenvalue weighted by Crippen LogP contribution is 2.34. The number of fused-ring (bicyclic) bond motifs is 1. The summed E-state index contributed by atoms with van der Waals surface area (Å²) < 4.78 is 0. The van der Waals surface area contributed by atoms with Crippen LogP contribution in [0, 0.1) is 11.8 Å². The molecule has 2 heteroatoms. The highest BCUT2D eigenvalue weighted by molar-refractivity contribution is 5.19. The van der Waals surface area contributed by atoms with E-state index >= 15 is 0 Å². The molecule has 4 unspecified atom stereocenters. The largest absolute Gasteiger partial charge is 0.300 e. The van der Waals surface area contributed by atoms with Gasteiger partial charge in [0.2, 0.25) is 0 Å². The highest BCUT2D eigenvalue weighted by atomic mass is 15.2. The normalized spacial score (nSPS) is 25.9. The Labute approximate surface area is 158 Å². The first-order chi connectivity index (χ1) is 12.7. The summed E-state index contributed by atoms with van der Waals surface area (Å²) in [5.41, 5.74) is 2.93. The number of hydrogen-bond donors (Lipinski definition) is 0. The molecule has 0 N–H and O–H groups in total. The smallest absolute Gasteiger partial charge is 0.0233 e. The second-order valence-corrected chi connectivity index (χ2v) is 8.55. The Morgan fingerprint density at radius 1 is 0.808 bits per heavy atom. The summed E-state index contributed by atoms with van der Waals surface area (Å²) in [7, 11) is 0. The van der Waals surface area contributed by atoms with Gasteiger partial charge >= 0.3 is 0 Å². The zero-order chi connectivity index (χ0) is 17.9. The molecule has 2 aliphatic heterocycles. The molecule has 4 rings (SSSR count). The number of rotatable bonds is 6. The van der Waals surface area contributed by atoms with Crippen molar-refractivity contribution in [2.75, 3.05) is 26.2 Å². The Morgan fingerprint density at radius 3 is 2.00 bits per heavy atom. The van der Waals surface area contributed by atoms with E-state index in [0.29, 0.717) is 12.0 Å². The monoisotopic (exact) mass is 348 g/mol. The van der Waals surface area contributed by atoms with Gasteiger partial charge in [-0.05, 0) is 42.2 Å². The Hall–Kier alpha value is -1.64. The van der Waals surface area contributed by atoms with Crippen LogP contribution >= 0.6 is 0 Å². The highest BCUT2D eigenvalue weighted by Gasteiger charge is 2.41. The van der Waals surface area contributed by atoms with Crippen molar-refractivity contribution in [3.8, 4) is 0 Å². The van der Waals surface area contributed by atoms with E-state index in [1.54, 1.807) is 0 Å². The number of hydrogen-bond acceptors (Lipinski definition) is 2. The van der Waals surface area contributed by atoms with Gasteiger partial charge < -0.3 is 0 Å². The van der Waals surface area contributed by atoms with Crippen LogP contribution in [0.4, 0.5) is 0 Å². The number of nitrogens with zero attached hydrogens (tertiary/aromatic N) is 2. The van der Waals surface area contributed by atoms with E-state index in [9.17, 15) is 0 Å². The summed E-state index contributed by atoms with van der Waals surface area (Å²) in [4.78, 5) is 5.42. The third-order valence-corrected chi connectivity index (χ3v) is 6.53. The lowest BCUT2D eigenvalue weighted by Crippen LogP contribution is -2.35. The molecule has 2 fully saturated rings. The molecule has 2 aromatic carbocycles.